The molecule has 1 aromatic carbocycles. The molecule has 0 bridgehead atoms. The maximum atomic E-state index is 12.6. The lowest BCUT2D eigenvalue weighted by Gasteiger charge is -2.32. The van der Waals surface area contributed by atoms with Gasteiger partial charge in [-0.3, -0.25) is 24.3 Å². The molecule has 0 saturated heterocycles. The fraction of sp³-hybridized carbons (Fsp3) is 0.333. The summed E-state index contributed by atoms with van der Waals surface area (Å²) in [7, 11) is 0. The summed E-state index contributed by atoms with van der Waals surface area (Å²) < 4.78 is 5.64. The maximum Gasteiger partial charge on any atom is 0.268 e. The number of hydrogen-bond donors (Lipinski definition) is 1. The van der Waals surface area contributed by atoms with Crippen LogP contribution in [0.4, 0.5) is 5.69 Å². The average Bonchev–Trinajstić information content (AvgIpc) is 2.70. The second-order valence-electron chi connectivity index (χ2n) is 6.68. The zero-order valence-electron chi connectivity index (χ0n) is 16.0. The molecule has 7 heteroatoms. The Morgan fingerprint density at radius 3 is 2.82 bits per heavy atom. The molecular weight excluding hydrogens is 358 g/mol. The van der Waals surface area contributed by atoms with E-state index in [0.29, 0.717) is 30.0 Å². The quantitative estimate of drug-likeness (QED) is 0.745. The van der Waals surface area contributed by atoms with Gasteiger partial charge in [-0.1, -0.05) is 13.0 Å². The molecule has 1 aliphatic heterocycles. The largest absolute Gasteiger partial charge is 0.479 e. The lowest BCUT2D eigenvalue weighted by atomic mass is 10.0. The molecular formula is C21H23N3O4. The Morgan fingerprint density at radius 1 is 1.29 bits per heavy atom. The average molecular weight is 381 g/mol. The van der Waals surface area contributed by atoms with Gasteiger partial charge in [-0.2, -0.15) is 0 Å². The fourth-order valence-corrected chi connectivity index (χ4v) is 3.02. The van der Waals surface area contributed by atoms with E-state index in [1.165, 1.54) is 4.90 Å². The monoisotopic (exact) mass is 381 g/mol. The lowest BCUT2D eigenvalue weighted by Crippen LogP contribution is -2.48. The first-order valence-corrected chi connectivity index (χ1v) is 9.30. The number of fused-ring (bicyclic) bond motifs is 1. The summed E-state index contributed by atoms with van der Waals surface area (Å²) in [5.74, 6) is -0.135. The molecule has 2 aromatic rings. The van der Waals surface area contributed by atoms with Gasteiger partial charge in [0.2, 0.25) is 5.91 Å². The number of hydrogen-bond acceptors (Lipinski definition) is 5. The van der Waals surface area contributed by atoms with E-state index in [2.05, 4.69) is 10.3 Å². The molecule has 1 aromatic heterocycles. The van der Waals surface area contributed by atoms with Crippen LogP contribution >= 0.6 is 0 Å². The number of ketones is 1. The smallest absolute Gasteiger partial charge is 0.268 e. The molecule has 0 radical (unpaired) electrons. The summed E-state index contributed by atoms with van der Waals surface area (Å²) in [6, 6.07) is 8.66. The van der Waals surface area contributed by atoms with Crippen LogP contribution in [-0.2, 0) is 16.1 Å². The number of aromatic nitrogens is 1. The maximum absolute atomic E-state index is 12.6. The highest BCUT2D eigenvalue weighted by molar-refractivity contribution is 6.05. The molecule has 7 nitrogen and oxygen atoms in total. The van der Waals surface area contributed by atoms with E-state index < -0.39 is 6.10 Å². The van der Waals surface area contributed by atoms with Crippen LogP contribution in [0.15, 0.2) is 42.7 Å². The first-order chi connectivity index (χ1) is 13.5. The molecule has 1 aliphatic rings. The van der Waals surface area contributed by atoms with E-state index in [0.717, 1.165) is 12.0 Å². The molecule has 1 atom stereocenters. The van der Waals surface area contributed by atoms with E-state index in [4.69, 9.17) is 4.74 Å². The van der Waals surface area contributed by atoms with Crippen molar-refractivity contribution in [2.45, 2.75) is 39.3 Å². The summed E-state index contributed by atoms with van der Waals surface area (Å²) >= 11 is 0. The zero-order chi connectivity index (χ0) is 20.1. The number of amides is 2. The molecule has 0 saturated carbocycles. The molecule has 2 heterocycles. The van der Waals surface area contributed by atoms with Crippen molar-refractivity contribution in [3.8, 4) is 5.75 Å². The van der Waals surface area contributed by atoms with Crippen LogP contribution in [0.5, 0.6) is 5.75 Å². The van der Waals surface area contributed by atoms with E-state index in [9.17, 15) is 14.4 Å². The number of carbonyl (C=O) groups is 3. The third-order valence-corrected chi connectivity index (χ3v) is 4.48. The van der Waals surface area contributed by atoms with Gasteiger partial charge in [0, 0.05) is 30.9 Å². The summed E-state index contributed by atoms with van der Waals surface area (Å²) in [4.78, 5) is 42.7. The normalized spacial score (nSPS) is 15.6. The van der Waals surface area contributed by atoms with Gasteiger partial charge in [-0.15, -0.1) is 0 Å². The molecule has 1 N–H and O–H groups in total. The SMILES string of the molecule is CCCC(=O)c1ccc2c(c1)N(CC(=O)NCc1cccnc1)C(=O)C(C)O2. The van der Waals surface area contributed by atoms with Crippen LogP contribution in [0, 0.1) is 0 Å². The predicted molar refractivity (Wildman–Crippen MR) is 104 cm³/mol. The fourth-order valence-electron chi connectivity index (χ4n) is 3.02. The Morgan fingerprint density at radius 2 is 2.11 bits per heavy atom. The summed E-state index contributed by atoms with van der Waals surface area (Å²) in [6.45, 7) is 3.75. The number of pyridine rings is 1. The van der Waals surface area contributed by atoms with Crippen molar-refractivity contribution in [2.24, 2.45) is 0 Å². The second kappa shape index (κ2) is 8.65. The van der Waals surface area contributed by atoms with Gasteiger partial charge >= 0.3 is 0 Å². The van der Waals surface area contributed by atoms with Crippen LogP contribution < -0.4 is 15.0 Å². The van der Waals surface area contributed by atoms with E-state index in [-0.39, 0.29) is 24.1 Å². The standard InChI is InChI=1S/C21H23N3O4/c1-3-5-18(25)16-7-8-19-17(10-16)24(21(27)14(2)28-19)13-20(26)23-12-15-6-4-9-22-11-15/h4,6-11,14H,3,5,12-13H2,1-2H3,(H,23,26). The van der Waals surface area contributed by atoms with E-state index >= 15 is 0 Å². The van der Waals surface area contributed by atoms with Crippen LogP contribution in [0.3, 0.4) is 0 Å². The van der Waals surface area contributed by atoms with Crippen LogP contribution in [-0.4, -0.2) is 35.2 Å². The number of carbonyl (C=O) groups excluding carboxylic acids is 3. The van der Waals surface area contributed by atoms with E-state index in [1.807, 2.05) is 13.0 Å². The summed E-state index contributed by atoms with van der Waals surface area (Å²) in [5.41, 5.74) is 1.82. The Kier molecular flexibility index (Phi) is 6.03. The minimum Gasteiger partial charge on any atom is -0.479 e. The summed E-state index contributed by atoms with van der Waals surface area (Å²) in [5, 5.41) is 2.79. The number of benzene rings is 1. The Bertz CT molecular complexity index is 882. The van der Waals surface area contributed by atoms with Gasteiger partial charge in [-0.05, 0) is 43.2 Å². The minimum absolute atomic E-state index is 0.00245. The molecule has 28 heavy (non-hydrogen) atoms. The third kappa shape index (κ3) is 4.36. The van der Waals surface area contributed by atoms with Crippen molar-refractivity contribution in [1.29, 1.82) is 0 Å². The van der Waals surface area contributed by atoms with Gasteiger partial charge in [0.25, 0.3) is 5.91 Å². The number of ether oxygens (including phenoxy) is 1. The Hall–Kier alpha value is -3.22. The van der Waals surface area contributed by atoms with Crippen molar-refractivity contribution < 1.29 is 19.1 Å². The molecule has 1 unspecified atom stereocenters. The highest BCUT2D eigenvalue weighted by Crippen LogP contribution is 2.35. The zero-order valence-corrected chi connectivity index (χ0v) is 16.0. The van der Waals surface area contributed by atoms with Gasteiger partial charge in [-0.25, -0.2) is 0 Å². The van der Waals surface area contributed by atoms with Gasteiger partial charge in [0.15, 0.2) is 11.9 Å². The Balaban J connectivity index is 1.78. The van der Waals surface area contributed by atoms with Crippen LogP contribution in [0.2, 0.25) is 0 Å². The first-order valence-electron chi connectivity index (χ1n) is 9.30. The van der Waals surface area contributed by atoms with Gasteiger partial charge in [0.1, 0.15) is 12.3 Å². The summed E-state index contributed by atoms with van der Waals surface area (Å²) in [6.07, 6.45) is 3.80. The van der Waals surface area contributed by atoms with Crippen molar-refractivity contribution in [1.82, 2.24) is 10.3 Å². The number of nitrogens with one attached hydrogen (secondary N) is 1. The van der Waals surface area contributed by atoms with Crippen LogP contribution in [0.1, 0.15) is 42.6 Å². The van der Waals surface area contributed by atoms with Crippen molar-refractivity contribution >= 4 is 23.3 Å². The number of nitrogens with zero attached hydrogens (tertiary/aromatic N) is 2. The second-order valence-corrected chi connectivity index (χ2v) is 6.68. The van der Waals surface area contributed by atoms with Crippen molar-refractivity contribution in [2.75, 3.05) is 11.4 Å². The van der Waals surface area contributed by atoms with Crippen LogP contribution in [0.25, 0.3) is 0 Å². The highest BCUT2D eigenvalue weighted by Gasteiger charge is 2.33. The molecule has 146 valence electrons. The molecule has 3 rings (SSSR count). The topological polar surface area (TPSA) is 88.6 Å². The lowest BCUT2D eigenvalue weighted by molar-refractivity contribution is -0.128. The molecule has 0 spiro atoms. The first kappa shape index (κ1) is 19.5. The predicted octanol–water partition coefficient (Wildman–Crippen LogP) is 2.49. The third-order valence-electron chi connectivity index (χ3n) is 4.48. The number of rotatable bonds is 7. The highest BCUT2D eigenvalue weighted by atomic mass is 16.5. The van der Waals surface area contributed by atoms with E-state index in [1.54, 1.807) is 43.6 Å². The molecule has 0 aliphatic carbocycles. The number of anilines is 1. The number of Topliss-reactive ketones (excluding diaryl/α,β-unsaturated/α-hetero) is 1. The van der Waals surface area contributed by atoms with Crippen molar-refractivity contribution in [3.05, 3.63) is 53.9 Å². The molecule has 0 fully saturated rings. The Labute approximate surface area is 163 Å². The molecule has 2 amide bonds. The minimum atomic E-state index is -0.698. The van der Waals surface area contributed by atoms with Crippen molar-refractivity contribution in [3.63, 3.8) is 0 Å². The van der Waals surface area contributed by atoms with Gasteiger partial charge < -0.3 is 10.1 Å². The van der Waals surface area contributed by atoms with Gasteiger partial charge in [0.05, 0.1) is 5.69 Å².